The molecule has 14 heavy (non-hydrogen) atoms. The van der Waals surface area contributed by atoms with Crippen molar-refractivity contribution in [3.05, 3.63) is 34.0 Å². The lowest BCUT2D eigenvalue weighted by molar-refractivity contribution is 0.0962. The van der Waals surface area contributed by atoms with E-state index in [1.165, 1.54) is 10.4 Å². The van der Waals surface area contributed by atoms with Crippen molar-refractivity contribution in [1.82, 2.24) is 5.32 Å². The molecule has 2 nitrogen and oxygen atoms in total. The molecule has 1 aromatic rings. The molecule has 1 heterocycles. The van der Waals surface area contributed by atoms with Gasteiger partial charge in [-0.2, -0.15) is 0 Å². The summed E-state index contributed by atoms with van der Waals surface area (Å²) in [7, 11) is 0. The first-order valence-corrected chi connectivity index (χ1v) is 5.49. The van der Waals surface area contributed by atoms with Gasteiger partial charge in [0, 0.05) is 11.4 Å². The van der Waals surface area contributed by atoms with Crippen LogP contribution in [0.15, 0.2) is 18.7 Å². The van der Waals surface area contributed by atoms with E-state index in [1.807, 2.05) is 13.0 Å². The molecule has 0 fully saturated rings. The van der Waals surface area contributed by atoms with Crippen molar-refractivity contribution in [2.45, 2.75) is 20.3 Å². The molecule has 0 aromatic carbocycles. The minimum absolute atomic E-state index is 0.00213. The van der Waals surface area contributed by atoms with Crippen LogP contribution >= 0.6 is 11.3 Å². The van der Waals surface area contributed by atoms with Crippen molar-refractivity contribution in [2.75, 3.05) is 6.54 Å². The van der Waals surface area contributed by atoms with Crippen molar-refractivity contribution in [3.63, 3.8) is 0 Å². The molecule has 0 aliphatic rings. The van der Waals surface area contributed by atoms with Gasteiger partial charge in [0.15, 0.2) is 0 Å². The number of thiophene rings is 1. The Morgan fingerprint density at radius 3 is 2.93 bits per heavy atom. The van der Waals surface area contributed by atoms with Crippen molar-refractivity contribution in [1.29, 1.82) is 0 Å². The van der Waals surface area contributed by atoms with Gasteiger partial charge < -0.3 is 5.32 Å². The maximum atomic E-state index is 11.5. The summed E-state index contributed by atoms with van der Waals surface area (Å²) in [5, 5.41) is 2.77. The molecule has 0 spiro atoms. The number of nitrogens with one attached hydrogen (secondary N) is 1. The van der Waals surface area contributed by atoms with Gasteiger partial charge in [0.25, 0.3) is 5.91 Å². The third-order valence-electron chi connectivity index (χ3n) is 1.97. The SMILES string of the molecule is C=CCNC(=O)c1cc(C)c(CC)s1. The number of amides is 1. The maximum absolute atomic E-state index is 11.5. The summed E-state index contributed by atoms with van der Waals surface area (Å²) in [6.45, 7) is 8.22. The average Bonchev–Trinajstić information content (AvgIpc) is 2.56. The second-order valence-corrected chi connectivity index (χ2v) is 4.21. The fourth-order valence-electron chi connectivity index (χ4n) is 1.23. The predicted octanol–water partition coefficient (Wildman–Crippen LogP) is 2.53. The molecule has 0 bridgehead atoms. The zero-order valence-corrected chi connectivity index (χ0v) is 9.41. The quantitative estimate of drug-likeness (QED) is 0.759. The fourth-order valence-corrected chi connectivity index (χ4v) is 2.26. The lowest BCUT2D eigenvalue weighted by Gasteiger charge is -1.97. The number of hydrogen-bond donors (Lipinski definition) is 1. The van der Waals surface area contributed by atoms with E-state index in [4.69, 9.17) is 0 Å². The minimum Gasteiger partial charge on any atom is -0.348 e. The third-order valence-corrected chi connectivity index (χ3v) is 3.35. The van der Waals surface area contributed by atoms with Gasteiger partial charge in [-0.05, 0) is 25.0 Å². The second-order valence-electron chi connectivity index (χ2n) is 3.07. The minimum atomic E-state index is -0.00213. The van der Waals surface area contributed by atoms with Crippen LogP contribution in [0, 0.1) is 6.92 Å². The van der Waals surface area contributed by atoms with Crippen molar-refractivity contribution in [2.24, 2.45) is 0 Å². The van der Waals surface area contributed by atoms with E-state index in [0.29, 0.717) is 6.54 Å². The smallest absolute Gasteiger partial charge is 0.261 e. The van der Waals surface area contributed by atoms with Gasteiger partial charge in [0.1, 0.15) is 0 Å². The zero-order chi connectivity index (χ0) is 10.6. The third kappa shape index (κ3) is 2.45. The Morgan fingerprint density at radius 1 is 1.71 bits per heavy atom. The highest BCUT2D eigenvalue weighted by atomic mass is 32.1. The highest BCUT2D eigenvalue weighted by molar-refractivity contribution is 7.14. The van der Waals surface area contributed by atoms with Crippen LogP contribution in [0.3, 0.4) is 0 Å². The van der Waals surface area contributed by atoms with Crippen LogP contribution in [0.1, 0.15) is 27.0 Å². The Kier molecular flexibility index (Phi) is 3.89. The van der Waals surface area contributed by atoms with Crippen LogP contribution < -0.4 is 5.32 Å². The Hall–Kier alpha value is -1.09. The predicted molar refractivity (Wildman–Crippen MR) is 61.0 cm³/mol. The zero-order valence-electron chi connectivity index (χ0n) is 8.59. The molecule has 0 aliphatic carbocycles. The summed E-state index contributed by atoms with van der Waals surface area (Å²) in [5.74, 6) is -0.00213. The van der Waals surface area contributed by atoms with E-state index in [1.54, 1.807) is 17.4 Å². The van der Waals surface area contributed by atoms with Gasteiger partial charge in [-0.3, -0.25) is 4.79 Å². The van der Waals surface area contributed by atoms with Crippen molar-refractivity contribution >= 4 is 17.2 Å². The number of aryl methyl sites for hydroxylation is 2. The molecule has 0 radical (unpaired) electrons. The van der Waals surface area contributed by atoms with Crippen molar-refractivity contribution in [3.8, 4) is 0 Å². The number of carbonyl (C=O) groups excluding carboxylic acids is 1. The molecule has 0 saturated carbocycles. The molecule has 76 valence electrons. The molecule has 0 saturated heterocycles. The first kappa shape index (κ1) is 11.0. The summed E-state index contributed by atoms with van der Waals surface area (Å²) in [4.78, 5) is 13.6. The van der Waals surface area contributed by atoms with Gasteiger partial charge in [0.05, 0.1) is 4.88 Å². The summed E-state index contributed by atoms with van der Waals surface area (Å²) < 4.78 is 0. The number of hydrogen-bond acceptors (Lipinski definition) is 2. The van der Waals surface area contributed by atoms with Gasteiger partial charge in [-0.1, -0.05) is 13.0 Å². The number of carbonyl (C=O) groups is 1. The van der Waals surface area contributed by atoms with E-state index in [-0.39, 0.29) is 5.91 Å². The Balaban J connectivity index is 2.75. The normalized spacial score (nSPS) is 9.86. The Labute approximate surface area is 88.6 Å². The molecule has 1 amide bonds. The summed E-state index contributed by atoms with van der Waals surface area (Å²) in [5.41, 5.74) is 1.21. The van der Waals surface area contributed by atoms with E-state index < -0.39 is 0 Å². The first-order valence-electron chi connectivity index (χ1n) is 4.67. The largest absolute Gasteiger partial charge is 0.348 e. The molecule has 1 N–H and O–H groups in total. The standard InChI is InChI=1S/C11H15NOS/c1-4-6-12-11(13)10-7-8(3)9(5-2)14-10/h4,7H,1,5-6H2,2-3H3,(H,12,13). The topological polar surface area (TPSA) is 29.1 Å². The van der Waals surface area contributed by atoms with E-state index in [2.05, 4.69) is 18.8 Å². The highest BCUT2D eigenvalue weighted by Gasteiger charge is 2.10. The van der Waals surface area contributed by atoms with Crippen LogP contribution in [-0.2, 0) is 6.42 Å². The molecule has 0 atom stereocenters. The van der Waals surface area contributed by atoms with Crippen LogP contribution in [0.25, 0.3) is 0 Å². The van der Waals surface area contributed by atoms with Gasteiger partial charge in [-0.25, -0.2) is 0 Å². The average molecular weight is 209 g/mol. The molecular formula is C11H15NOS. The van der Waals surface area contributed by atoms with Crippen LogP contribution in [-0.4, -0.2) is 12.5 Å². The molecular weight excluding hydrogens is 194 g/mol. The van der Waals surface area contributed by atoms with Crippen LogP contribution in [0.4, 0.5) is 0 Å². The molecule has 1 rings (SSSR count). The molecule has 0 unspecified atom stereocenters. The van der Waals surface area contributed by atoms with E-state index >= 15 is 0 Å². The highest BCUT2D eigenvalue weighted by Crippen LogP contribution is 2.21. The monoisotopic (exact) mass is 209 g/mol. The molecule has 3 heteroatoms. The van der Waals surface area contributed by atoms with Crippen molar-refractivity contribution < 1.29 is 4.79 Å². The Morgan fingerprint density at radius 2 is 2.43 bits per heavy atom. The van der Waals surface area contributed by atoms with Gasteiger partial charge >= 0.3 is 0 Å². The second kappa shape index (κ2) is 4.96. The van der Waals surface area contributed by atoms with Gasteiger partial charge in [0.2, 0.25) is 0 Å². The van der Waals surface area contributed by atoms with E-state index in [9.17, 15) is 4.79 Å². The van der Waals surface area contributed by atoms with Crippen LogP contribution in [0.5, 0.6) is 0 Å². The fraction of sp³-hybridized carbons (Fsp3) is 0.364. The van der Waals surface area contributed by atoms with E-state index in [0.717, 1.165) is 11.3 Å². The lowest BCUT2D eigenvalue weighted by Crippen LogP contribution is -2.22. The van der Waals surface area contributed by atoms with Gasteiger partial charge in [-0.15, -0.1) is 17.9 Å². The lowest BCUT2D eigenvalue weighted by atomic mass is 10.2. The first-order chi connectivity index (χ1) is 6.69. The number of rotatable bonds is 4. The summed E-state index contributed by atoms with van der Waals surface area (Å²) in [6.07, 6.45) is 2.67. The maximum Gasteiger partial charge on any atom is 0.261 e. The summed E-state index contributed by atoms with van der Waals surface area (Å²) >= 11 is 1.57. The Bertz CT molecular complexity index is 341. The molecule has 0 aliphatic heterocycles. The summed E-state index contributed by atoms with van der Waals surface area (Å²) in [6, 6.07) is 1.95. The molecule has 1 aromatic heterocycles. The van der Waals surface area contributed by atoms with Crippen LogP contribution in [0.2, 0.25) is 0 Å².